The number of likely N-dealkylation sites (N-methyl/N-ethyl adjacent to an activating group) is 1. The molecule has 3 aliphatic rings. The van der Waals surface area contributed by atoms with Crippen LogP contribution in [-0.2, 0) is 39.8 Å². The molecule has 0 radical (unpaired) electrons. The summed E-state index contributed by atoms with van der Waals surface area (Å²) in [5.74, 6) is -1.41. The third-order valence-electron chi connectivity index (χ3n) is 10.1. The summed E-state index contributed by atoms with van der Waals surface area (Å²) in [6.45, 7) is 10.8. The Balaban J connectivity index is 1.77. The van der Waals surface area contributed by atoms with Crippen LogP contribution < -0.4 is 15.0 Å². The van der Waals surface area contributed by atoms with E-state index in [1.54, 1.807) is 52.1 Å². The number of carbonyl (C=O) groups excluding carboxylic acids is 4. The van der Waals surface area contributed by atoms with Gasteiger partial charge in [0.25, 0.3) is 0 Å². The molecule has 1 aromatic rings. The van der Waals surface area contributed by atoms with Gasteiger partial charge in [0.05, 0.1) is 25.3 Å². The van der Waals surface area contributed by atoms with Gasteiger partial charge in [0.15, 0.2) is 5.72 Å². The summed E-state index contributed by atoms with van der Waals surface area (Å²) >= 11 is 6.75. The zero-order valence-electron chi connectivity index (χ0n) is 31.2. The lowest BCUT2D eigenvalue weighted by Gasteiger charge is -2.42. The Morgan fingerprint density at radius 1 is 1.22 bits per heavy atom. The first-order valence-corrected chi connectivity index (χ1v) is 17.6. The summed E-state index contributed by atoms with van der Waals surface area (Å²) in [6.07, 6.45) is 1.26. The Labute approximate surface area is 305 Å². The SMILES string of the molecule is COc1cc2cc(c1Cl)N(C)C(=O)C[C@H](OC(=O)[C@@H](C)N(C)C(=O)CC(C)C)[C@@]1(C)O[C@@H]1[C@H](C)[C@H]1C[C@@](O)(NC(=O)O1)[C@H](OC)C=CC=C(C)C2. The molecule has 3 aliphatic heterocycles. The average Bonchev–Trinajstić information content (AvgIpc) is 3.76. The minimum atomic E-state index is -1.82. The second-order valence-corrected chi connectivity index (χ2v) is 14.9. The van der Waals surface area contributed by atoms with Crippen LogP contribution in [0.1, 0.15) is 66.4 Å². The van der Waals surface area contributed by atoms with E-state index >= 15 is 0 Å². The fourth-order valence-corrected chi connectivity index (χ4v) is 7.02. The number of nitrogens with one attached hydrogen (secondary N) is 1. The van der Waals surface area contributed by atoms with E-state index in [0.717, 1.165) is 11.1 Å². The van der Waals surface area contributed by atoms with E-state index in [-0.39, 0.29) is 36.1 Å². The molecule has 3 heterocycles. The van der Waals surface area contributed by atoms with Gasteiger partial charge in [-0.25, -0.2) is 9.59 Å². The topological polar surface area (TPSA) is 156 Å². The Morgan fingerprint density at radius 2 is 1.90 bits per heavy atom. The molecule has 2 N–H and O–H groups in total. The molecular weight excluding hydrogens is 682 g/mol. The number of fused-ring (bicyclic) bond motifs is 5. The van der Waals surface area contributed by atoms with Gasteiger partial charge in [0, 0.05) is 40.0 Å². The number of hydrogen-bond donors (Lipinski definition) is 2. The van der Waals surface area contributed by atoms with Gasteiger partial charge in [-0.05, 0) is 50.8 Å². The van der Waals surface area contributed by atoms with Gasteiger partial charge in [0.1, 0.15) is 40.7 Å². The number of amides is 3. The number of ether oxygens (including phenoxy) is 5. The van der Waals surface area contributed by atoms with Crippen LogP contribution in [0.15, 0.2) is 35.9 Å². The highest BCUT2D eigenvalue weighted by molar-refractivity contribution is 6.35. The molecule has 1 aromatic carbocycles. The van der Waals surface area contributed by atoms with Crippen LogP contribution in [0.25, 0.3) is 0 Å². The molecule has 14 heteroatoms. The standard InChI is InChI=1S/C37H52ClN3O10/c1-20(2)14-30(42)40(7)23(5)34(44)50-29-18-31(43)41(8)25-16-24(17-26(47-9)32(25)38)15-21(3)12-11-13-28(48-10)37(46)19-27(49-35(45)39-37)22(4)33-36(29,6)51-33/h11-13,16-17,20,22-23,27-29,33,46H,14-15,18-19H2,1-10H3,(H,39,45)/t22-,23-,27-,28-,29+,33-,36-,37+/m1/s1. The Bertz CT molecular complexity index is 1560. The van der Waals surface area contributed by atoms with Crippen LogP contribution in [0.2, 0.25) is 5.02 Å². The molecular formula is C37H52ClN3O10. The molecule has 0 aromatic heterocycles. The van der Waals surface area contributed by atoms with Crippen LogP contribution in [-0.4, -0.2) is 104 Å². The smallest absolute Gasteiger partial charge is 0.409 e. The molecule has 8 atom stereocenters. The minimum Gasteiger partial charge on any atom is -0.495 e. The number of aliphatic hydroxyl groups is 1. The van der Waals surface area contributed by atoms with Gasteiger partial charge in [0.2, 0.25) is 11.8 Å². The lowest BCUT2D eigenvalue weighted by molar-refractivity contribution is -0.162. The van der Waals surface area contributed by atoms with Crippen molar-refractivity contribution in [2.45, 2.75) is 109 Å². The summed E-state index contributed by atoms with van der Waals surface area (Å²) in [7, 11) is 6.04. The molecule has 2 fully saturated rings. The highest BCUT2D eigenvalue weighted by Crippen LogP contribution is 2.49. The van der Waals surface area contributed by atoms with Gasteiger partial charge >= 0.3 is 12.1 Å². The zero-order chi connectivity index (χ0) is 38.0. The summed E-state index contributed by atoms with van der Waals surface area (Å²) in [5, 5.41) is 14.5. The molecule has 0 unspecified atom stereocenters. The quantitative estimate of drug-likeness (QED) is 0.301. The fraction of sp³-hybridized carbons (Fsp3) is 0.622. The number of alkyl carbamates (subject to hydrolysis) is 1. The largest absolute Gasteiger partial charge is 0.495 e. The first-order chi connectivity index (χ1) is 23.8. The summed E-state index contributed by atoms with van der Waals surface area (Å²) in [6, 6.07) is 2.64. The number of benzene rings is 1. The van der Waals surface area contributed by atoms with E-state index in [9.17, 15) is 24.3 Å². The molecule has 13 nitrogen and oxygen atoms in total. The number of allylic oxidation sites excluding steroid dienone is 3. The van der Waals surface area contributed by atoms with Crippen LogP contribution >= 0.6 is 11.6 Å². The van der Waals surface area contributed by atoms with Crippen LogP contribution in [0.4, 0.5) is 10.5 Å². The predicted octanol–water partition coefficient (Wildman–Crippen LogP) is 4.56. The minimum absolute atomic E-state index is 0.0442. The summed E-state index contributed by atoms with van der Waals surface area (Å²) in [5.41, 5.74) is -0.878. The van der Waals surface area contributed by atoms with Crippen molar-refractivity contribution in [2.24, 2.45) is 11.8 Å². The van der Waals surface area contributed by atoms with Gasteiger partial charge in [-0.3, -0.25) is 14.9 Å². The number of halogens is 1. The third-order valence-corrected chi connectivity index (χ3v) is 10.5. The third kappa shape index (κ3) is 8.88. The summed E-state index contributed by atoms with van der Waals surface area (Å²) < 4.78 is 29.2. The lowest BCUT2D eigenvalue weighted by atomic mass is 9.83. The van der Waals surface area contributed by atoms with E-state index in [1.165, 1.54) is 31.1 Å². The molecule has 3 amide bonds. The van der Waals surface area contributed by atoms with Crippen LogP contribution in [0.3, 0.4) is 0 Å². The lowest BCUT2D eigenvalue weighted by Crippen LogP contribution is -2.63. The van der Waals surface area contributed by atoms with Gasteiger partial charge in [-0.1, -0.05) is 56.2 Å². The monoisotopic (exact) mass is 733 g/mol. The van der Waals surface area contributed by atoms with Crippen molar-refractivity contribution in [3.05, 3.63) is 46.5 Å². The van der Waals surface area contributed by atoms with Crippen molar-refractivity contribution in [3.8, 4) is 5.75 Å². The maximum absolute atomic E-state index is 14.1. The highest BCUT2D eigenvalue weighted by atomic mass is 35.5. The highest BCUT2D eigenvalue weighted by Gasteiger charge is 2.64. The number of rotatable bonds is 7. The number of epoxide rings is 1. The molecule has 4 bridgehead atoms. The van der Waals surface area contributed by atoms with Crippen LogP contribution in [0, 0.1) is 11.8 Å². The van der Waals surface area contributed by atoms with Gasteiger partial charge < -0.3 is 38.6 Å². The molecule has 2 saturated heterocycles. The van der Waals surface area contributed by atoms with Crippen molar-refractivity contribution in [2.75, 3.05) is 33.2 Å². The van der Waals surface area contributed by atoms with E-state index in [0.29, 0.717) is 17.9 Å². The molecule has 0 aliphatic carbocycles. The van der Waals surface area contributed by atoms with Gasteiger partial charge in [-0.15, -0.1) is 0 Å². The van der Waals surface area contributed by atoms with E-state index in [1.807, 2.05) is 26.8 Å². The van der Waals surface area contributed by atoms with Crippen molar-refractivity contribution in [3.63, 3.8) is 0 Å². The molecule has 51 heavy (non-hydrogen) atoms. The average molecular weight is 734 g/mol. The number of methoxy groups -OCH3 is 2. The number of hydrogen-bond acceptors (Lipinski definition) is 10. The molecule has 0 spiro atoms. The van der Waals surface area contributed by atoms with Gasteiger partial charge in [-0.2, -0.15) is 0 Å². The number of anilines is 1. The van der Waals surface area contributed by atoms with E-state index < -0.39 is 65.7 Å². The summed E-state index contributed by atoms with van der Waals surface area (Å²) in [4.78, 5) is 56.1. The first-order valence-electron chi connectivity index (χ1n) is 17.2. The van der Waals surface area contributed by atoms with Crippen molar-refractivity contribution in [1.29, 1.82) is 0 Å². The number of carbonyl (C=O) groups is 4. The van der Waals surface area contributed by atoms with Crippen molar-refractivity contribution < 1.29 is 48.0 Å². The van der Waals surface area contributed by atoms with Crippen molar-refractivity contribution in [1.82, 2.24) is 10.2 Å². The van der Waals surface area contributed by atoms with Crippen LogP contribution in [0.5, 0.6) is 5.75 Å². The molecule has 0 saturated carbocycles. The van der Waals surface area contributed by atoms with E-state index in [4.69, 9.17) is 35.3 Å². The fourth-order valence-electron chi connectivity index (χ4n) is 6.71. The first kappa shape index (κ1) is 40.1. The Kier molecular flexibility index (Phi) is 12.5. The molecule has 4 rings (SSSR count). The second-order valence-electron chi connectivity index (χ2n) is 14.5. The predicted molar refractivity (Wildman–Crippen MR) is 190 cm³/mol. The number of esters is 1. The number of nitrogens with zero attached hydrogens (tertiary/aromatic N) is 2. The maximum Gasteiger partial charge on any atom is 0.409 e. The van der Waals surface area contributed by atoms with E-state index in [2.05, 4.69) is 5.32 Å². The normalized spacial score (nSPS) is 30.4. The zero-order valence-corrected chi connectivity index (χ0v) is 31.9. The second kappa shape index (κ2) is 15.9. The Morgan fingerprint density at radius 3 is 2.53 bits per heavy atom. The van der Waals surface area contributed by atoms with Crippen molar-refractivity contribution >= 4 is 41.2 Å². The molecule has 282 valence electrons. The Hall–Kier alpha value is -3.65. The maximum atomic E-state index is 14.1.